The molecule has 4 saturated carbocycles. The molecule has 0 aromatic rings. The van der Waals surface area contributed by atoms with Gasteiger partial charge in [-0.05, 0) is 168 Å². The van der Waals surface area contributed by atoms with Crippen LogP contribution in [0, 0.1) is 57.2 Å². The second kappa shape index (κ2) is 20.1. The van der Waals surface area contributed by atoms with Gasteiger partial charge in [0, 0.05) is 22.9 Å². The predicted octanol–water partition coefficient (Wildman–Crippen LogP) is 12.1. The monoisotopic (exact) mass is 987 g/mol. The van der Waals surface area contributed by atoms with Gasteiger partial charge in [-0.25, -0.2) is 0 Å². The molecule has 0 amide bonds. The van der Waals surface area contributed by atoms with Crippen LogP contribution in [0.4, 0.5) is 52.7 Å². The molecule has 66 heavy (non-hydrogen) atoms. The van der Waals surface area contributed by atoms with E-state index in [0.717, 1.165) is 5.92 Å². The third-order valence-electron chi connectivity index (χ3n) is 15.8. The van der Waals surface area contributed by atoms with E-state index in [4.69, 9.17) is 16.4 Å². The van der Waals surface area contributed by atoms with E-state index >= 15 is 0 Å². The molecule has 0 saturated heterocycles. The largest absolute Gasteiger partial charge is 0.438 e. The highest BCUT2D eigenvalue weighted by Crippen LogP contribution is 2.64. The first kappa shape index (κ1) is 42.0. The normalized spacial score (nSPS) is 34.7. The molecule has 4 rings (SSSR count). The fourth-order valence-corrected chi connectivity index (χ4v) is 12.4. The second-order valence-corrected chi connectivity index (χ2v) is 20.7. The van der Waals surface area contributed by atoms with Crippen LogP contribution in [-0.2, 0) is 0 Å². The molecule has 18 heteroatoms. The molecule has 0 aliphatic heterocycles. The Morgan fingerprint density at radius 1 is 0.576 bits per heavy atom. The van der Waals surface area contributed by atoms with E-state index in [1.165, 1.54) is 0 Å². The van der Waals surface area contributed by atoms with Crippen molar-refractivity contribution in [1.29, 1.82) is 0 Å². The minimum Gasteiger partial charge on any atom is -0.393 e. The lowest BCUT2D eigenvalue weighted by molar-refractivity contribution is -0.347. The van der Waals surface area contributed by atoms with E-state index in [1.54, 1.807) is 13.8 Å². The number of rotatable bonds is 14. The summed E-state index contributed by atoms with van der Waals surface area (Å²) in [4.78, 5) is 0. The zero-order chi connectivity index (χ0) is 61.0. The Kier molecular flexibility index (Phi) is 12.8. The van der Waals surface area contributed by atoms with Gasteiger partial charge in [0.1, 0.15) is 0 Å². The van der Waals surface area contributed by atoms with E-state index in [0.29, 0.717) is 70.3 Å². The molecule has 0 heterocycles. The van der Waals surface area contributed by atoms with Crippen molar-refractivity contribution in [2.75, 3.05) is 0 Å². The van der Waals surface area contributed by atoms with Crippen molar-refractivity contribution in [3.05, 3.63) is 12.2 Å². The van der Waals surface area contributed by atoms with Gasteiger partial charge in [0.15, 0.2) is 0 Å². The zero-order valence-corrected chi connectivity index (χ0v) is 37.6. The second-order valence-electron chi connectivity index (χ2n) is 20.7. The molecule has 6 N–H and O–H groups in total. The van der Waals surface area contributed by atoms with Crippen molar-refractivity contribution in [3.8, 4) is 11.8 Å². The number of alkyl halides is 12. The average Bonchev–Trinajstić information content (AvgIpc) is 3.79. The molecule has 0 spiro atoms. The molecule has 386 valence electrons. The van der Waals surface area contributed by atoms with Gasteiger partial charge in [-0.1, -0.05) is 65.4 Å². The van der Waals surface area contributed by atoms with Crippen LogP contribution in [-0.4, -0.2) is 90.0 Å². The van der Waals surface area contributed by atoms with E-state index in [2.05, 4.69) is 0 Å². The highest BCUT2D eigenvalue weighted by molar-refractivity contribution is 5.22. The predicted molar refractivity (Wildman–Crippen MR) is 225 cm³/mol. The van der Waals surface area contributed by atoms with Crippen molar-refractivity contribution in [1.82, 2.24) is 0 Å². The molecular formula is C48H74F12O6. The number of hydrogen-bond donors (Lipinski definition) is 6. The highest BCUT2D eigenvalue weighted by Gasteiger charge is 2.71. The summed E-state index contributed by atoms with van der Waals surface area (Å²) in [7, 11) is 0. The SMILES string of the molecule is [2H]C([2H])([2H])C(O)(CCC[C@](C)(C/C=C\C(O)(C(F)(F)F)C(F)(F)F)[C@H]1CCC2[C@@H](O)CCC[C@@]21C)C([2H])([2H])[2H].[2H]C([2H])([2H])C(O)(CCC[C@](C)(CC#CC(O)(C(F)(F)F)C(F)(F)F)[C@H]1CCC2[C@@H](O)CCC[C@@]21C)C([2H])([2H])[2H]. The number of aliphatic hydroxyl groups excluding tert-OH is 2. The van der Waals surface area contributed by atoms with Crippen LogP contribution in [0.5, 0.6) is 0 Å². The topological polar surface area (TPSA) is 121 Å². The Morgan fingerprint density at radius 3 is 1.35 bits per heavy atom. The average molecular weight is 987 g/mol. The molecule has 0 aromatic carbocycles. The fourth-order valence-electron chi connectivity index (χ4n) is 12.4. The van der Waals surface area contributed by atoms with E-state index < -0.39 is 128 Å². The smallest absolute Gasteiger partial charge is 0.393 e. The summed E-state index contributed by atoms with van der Waals surface area (Å²) < 4.78 is 249. The van der Waals surface area contributed by atoms with Crippen molar-refractivity contribution in [2.45, 2.75) is 230 Å². The number of fused-ring (bicyclic) bond motifs is 2. The van der Waals surface area contributed by atoms with Gasteiger partial charge in [-0.2, -0.15) is 52.7 Å². The summed E-state index contributed by atoms with van der Waals surface area (Å²) in [5, 5.41) is 61.4. The first-order valence-corrected chi connectivity index (χ1v) is 22.2. The Labute approximate surface area is 399 Å². The van der Waals surface area contributed by atoms with Crippen LogP contribution in [0.15, 0.2) is 12.2 Å². The van der Waals surface area contributed by atoms with E-state index in [9.17, 15) is 83.3 Å². The first-order chi connectivity index (χ1) is 34.5. The molecule has 4 fully saturated rings. The number of halogens is 12. The van der Waals surface area contributed by atoms with Crippen molar-refractivity contribution in [2.24, 2.45) is 45.3 Å². The maximum atomic E-state index is 13.2. The Morgan fingerprint density at radius 2 is 0.970 bits per heavy atom. The first-order valence-electron chi connectivity index (χ1n) is 28.2. The Balaban J connectivity index is 0.000000410. The van der Waals surface area contributed by atoms with E-state index in [-0.39, 0.29) is 61.9 Å². The van der Waals surface area contributed by atoms with Gasteiger partial charge in [0.25, 0.3) is 5.60 Å². The molecule has 2 unspecified atom stereocenters. The van der Waals surface area contributed by atoms with Gasteiger partial charge in [0.2, 0.25) is 0 Å². The zero-order valence-electron chi connectivity index (χ0n) is 49.6. The van der Waals surface area contributed by atoms with Crippen LogP contribution in [0.1, 0.15) is 187 Å². The maximum Gasteiger partial charge on any atom is 0.438 e. The van der Waals surface area contributed by atoms with Crippen LogP contribution in [0.2, 0.25) is 0 Å². The minimum atomic E-state index is -6.12. The summed E-state index contributed by atoms with van der Waals surface area (Å²) in [6.07, 6.45) is -22.4. The van der Waals surface area contributed by atoms with Crippen LogP contribution >= 0.6 is 0 Å². The molecular weight excluding hydrogens is 900 g/mol. The summed E-state index contributed by atoms with van der Waals surface area (Å²) >= 11 is 0. The lowest BCUT2D eigenvalue weighted by Gasteiger charge is -2.50. The van der Waals surface area contributed by atoms with Crippen molar-refractivity contribution in [3.63, 3.8) is 0 Å². The van der Waals surface area contributed by atoms with Crippen LogP contribution in [0.25, 0.3) is 0 Å². The molecule has 0 radical (unpaired) electrons. The van der Waals surface area contributed by atoms with Gasteiger partial charge in [0.05, 0.1) is 23.4 Å². The third-order valence-corrected chi connectivity index (χ3v) is 15.8. The fraction of sp³-hybridized carbons (Fsp3) is 0.917. The van der Waals surface area contributed by atoms with Gasteiger partial charge < -0.3 is 30.6 Å². The summed E-state index contributed by atoms with van der Waals surface area (Å²) in [6, 6.07) is 0. The van der Waals surface area contributed by atoms with Crippen LogP contribution < -0.4 is 0 Å². The summed E-state index contributed by atoms with van der Waals surface area (Å²) in [6.45, 7) is -6.12. The number of hydrogen-bond acceptors (Lipinski definition) is 6. The standard InChI is InChI=1S/C24H38F6O3.C24H36F6O3/c2*1-19(2,32)11-6-12-20(3,13-7-15-22(33,23(25,26)27)24(28,29)30)18-10-9-16-17(31)8-5-14-21(16,18)4/h7,15-18,31-33H,5-6,8-14H2,1-4H3;16-18,31-33H,5-6,8-14H2,1-4H3/b15-7-;/t2*16?,17-,18+,20+,21-/m00/s1/i2*1D3,2D3. The van der Waals surface area contributed by atoms with Gasteiger partial charge >= 0.3 is 30.3 Å². The van der Waals surface area contributed by atoms with Gasteiger partial charge in [-0.3, -0.25) is 0 Å². The lowest BCUT2D eigenvalue weighted by atomic mass is 9.56. The summed E-state index contributed by atoms with van der Waals surface area (Å²) in [5.74, 6) is 1.86. The molecule has 0 aromatic heterocycles. The maximum absolute atomic E-state index is 13.2. The van der Waals surface area contributed by atoms with Gasteiger partial charge in [-0.15, -0.1) is 0 Å². The Bertz CT molecular complexity index is 2060. The van der Waals surface area contributed by atoms with E-state index in [1.807, 2.05) is 19.8 Å². The number of aliphatic hydroxyl groups is 6. The van der Waals surface area contributed by atoms with Crippen molar-refractivity contribution < 1.29 is 99.8 Å². The number of allylic oxidation sites excluding steroid dienone is 1. The van der Waals surface area contributed by atoms with Crippen molar-refractivity contribution >= 4 is 0 Å². The molecule has 10 atom stereocenters. The molecule has 4 aliphatic rings. The Hall–Kier alpha value is -1.78. The molecule has 0 bridgehead atoms. The van der Waals surface area contributed by atoms with Crippen LogP contribution in [0.3, 0.4) is 0 Å². The minimum absolute atomic E-state index is 0.0225. The molecule has 6 nitrogen and oxygen atoms in total. The molecule has 4 aliphatic carbocycles. The highest BCUT2D eigenvalue weighted by atomic mass is 19.4. The quantitative estimate of drug-likeness (QED) is 0.0586. The summed E-state index contributed by atoms with van der Waals surface area (Å²) in [5.41, 5.74) is -19.8. The lowest BCUT2D eigenvalue weighted by Crippen LogP contribution is -2.55. The third kappa shape index (κ3) is 12.9.